The van der Waals surface area contributed by atoms with Crippen molar-refractivity contribution in [3.63, 3.8) is 0 Å². The van der Waals surface area contributed by atoms with Crippen LogP contribution in [0.25, 0.3) is 0 Å². The van der Waals surface area contributed by atoms with Crippen LogP contribution < -0.4 is 4.74 Å². The summed E-state index contributed by atoms with van der Waals surface area (Å²) in [7, 11) is 0. The third kappa shape index (κ3) is 1.78. The number of aliphatic hydroxyl groups is 1. The number of ether oxygens (including phenoxy) is 1. The standard InChI is InChI=1S/C17H13ClO3S/c18-12-7-3-1-5-10(12)16-17(14(19)9-22-16)15(20)11-6-2-4-8-13(11)21-17/h1-8,14,16,19H,9H2/t14-,16-,17+/m0/s1. The number of carbonyl (C=O) groups excluding carboxylic acids is 1. The van der Waals surface area contributed by atoms with E-state index >= 15 is 0 Å². The van der Waals surface area contributed by atoms with Gasteiger partial charge in [0.1, 0.15) is 11.9 Å². The summed E-state index contributed by atoms with van der Waals surface area (Å²) >= 11 is 7.82. The molecule has 0 unspecified atom stereocenters. The smallest absolute Gasteiger partial charge is 0.214 e. The molecule has 3 atom stereocenters. The Morgan fingerprint density at radius 2 is 1.91 bits per heavy atom. The van der Waals surface area contributed by atoms with Gasteiger partial charge in [-0.05, 0) is 23.8 Å². The number of para-hydroxylation sites is 1. The zero-order valence-electron chi connectivity index (χ0n) is 11.5. The first kappa shape index (κ1) is 14.1. The van der Waals surface area contributed by atoms with Gasteiger partial charge in [0.15, 0.2) is 0 Å². The Morgan fingerprint density at radius 3 is 2.68 bits per heavy atom. The van der Waals surface area contributed by atoms with E-state index in [1.807, 2.05) is 24.3 Å². The molecule has 1 fully saturated rings. The zero-order valence-corrected chi connectivity index (χ0v) is 13.1. The van der Waals surface area contributed by atoms with Gasteiger partial charge in [-0.25, -0.2) is 0 Å². The summed E-state index contributed by atoms with van der Waals surface area (Å²) in [6.45, 7) is 0. The SMILES string of the molecule is O=C1c2ccccc2O[C@]12[C@@H](O)CS[C@H]2c1ccccc1Cl. The van der Waals surface area contributed by atoms with Crippen molar-refractivity contribution in [2.75, 3.05) is 5.75 Å². The van der Waals surface area contributed by atoms with E-state index < -0.39 is 11.7 Å². The minimum Gasteiger partial charge on any atom is -0.474 e. The molecular formula is C17H13ClO3S. The van der Waals surface area contributed by atoms with Crippen LogP contribution in [0.3, 0.4) is 0 Å². The van der Waals surface area contributed by atoms with Gasteiger partial charge in [0.2, 0.25) is 11.4 Å². The van der Waals surface area contributed by atoms with E-state index in [1.54, 1.807) is 24.3 Å². The molecule has 22 heavy (non-hydrogen) atoms. The summed E-state index contributed by atoms with van der Waals surface area (Å²) in [5, 5.41) is 10.8. The summed E-state index contributed by atoms with van der Waals surface area (Å²) in [6.07, 6.45) is -0.862. The number of halogens is 1. The average Bonchev–Trinajstić information content (AvgIpc) is 3.01. The Balaban J connectivity index is 1.86. The predicted octanol–water partition coefficient (Wildman–Crippen LogP) is 3.50. The molecule has 0 aliphatic carbocycles. The maximum absolute atomic E-state index is 13.0. The van der Waals surface area contributed by atoms with Crippen LogP contribution >= 0.6 is 23.4 Å². The molecule has 0 amide bonds. The maximum atomic E-state index is 13.0. The van der Waals surface area contributed by atoms with Crippen LogP contribution in [0.2, 0.25) is 5.02 Å². The van der Waals surface area contributed by atoms with E-state index in [4.69, 9.17) is 16.3 Å². The minimum absolute atomic E-state index is 0.162. The fourth-order valence-corrected chi connectivity index (χ4v) is 5.07. The van der Waals surface area contributed by atoms with Gasteiger partial charge in [-0.2, -0.15) is 0 Å². The number of hydrogen-bond donors (Lipinski definition) is 1. The normalized spacial score (nSPS) is 29.6. The highest BCUT2D eigenvalue weighted by atomic mass is 35.5. The molecule has 2 aromatic carbocycles. The van der Waals surface area contributed by atoms with Gasteiger partial charge in [-0.15, -0.1) is 11.8 Å². The summed E-state index contributed by atoms with van der Waals surface area (Å²) < 4.78 is 6.02. The summed E-state index contributed by atoms with van der Waals surface area (Å²) in [4.78, 5) is 13.0. The highest BCUT2D eigenvalue weighted by molar-refractivity contribution is 8.00. The van der Waals surface area contributed by atoms with Crippen LogP contribution in [0.1, 0.15) is 21.2 Å². The molecule has 5 heteroatoms. The van der Waals surface area contributed by atoms with E-state index in [1.165, 1.54) is 11.8 Å². The molecule has 1 saturated heterocycles. The lowest BCUT2D eigenvalue weighted by atomic mass is 9.84. The van der Waals surface area contributed by atoms with E-state index in [9.17, 15) is 9.90 Å². The Hall–Kier alpha value is -1.49. The molecule has 0 aromatic heterocycles. The van der Waals surface area contributed by atoms with E-state index in [0.717, 1.165) is 5.56 Å². The Kier molecular flexibility index (Phi) is 3.22. The number of carbonyl (C=O) groups is 1. The monoisotopic (exact) mass is 332 g/mol. The van der Waals surface area contributed by atoms with Gasteiger partial charge < -0.3 is 9.84 Å². The van der Waals surface area contributed by atoms with Gasteiger partial charge in [0, 0.05) is 10.8 Å². The van der Waals surface area contributed by atoms with Gasteiger partial charge in [0.25, 0.3) is 0 Å². The van der Waals surface area contributed by atoms with E-state index in [-0.39, 0.29) is 11.0 Å². The van der Waals surface area contributed by atoms with Crippen LogP contribution in [-0.4, -0.2) is 28.3 Å². The molecule has 2 aromatic rings. The van der Waals surface area contributed by atoms with Gasteiger partial charge >= 0.3 is 0 Å². The lowest BCUT2D eigenvalue weighted by molar-refractivity contribution is -0.00798. The van der Waals surface area contributed by atoms with Crippen molar-refractivity contribution < 1.29 is 14.6 Å². The number of benzene rings is 2. The maximum Gasteiger partial charge on any atom is 0.214 e. The summed E-state index contributed by atoms with van der Waals surface area (Å²) in [5.74, 6) is 0.812. The highest BCUT2D eigenvalue weighted by Gasteiger charge is 2.62. The summed E-state index contributed by atoms with van der Waals surface area (Å²) in [5.41, 5.74) is 0.0762. The van der Waals surface area contributed by atoms with E-state index in [2.05, 4.69) is 0 Å². The van der Waals surface area contributed by atoms with Crippen LogP contribution in [0, 0.1) is 0 Å². The molecule has 1 spiro atoms. The van der Waals surface area contributed by atoms with Crippen LogP contribution in [0.5, 0.6) is 5.75 Å². The Bertz CT molecular complexity index is 763. The number of ketones is 1. The first-order valence-corrected chi connectivity index (χ1v) is 8.44. The molecule has 2 aliphatic rings. The molecule has 112 valence electrons. The fraction of sp³-hybridized carbons (Fsp3) is 0.235. The van der Waals surface area contributed by atoms with Crippen LogP contribution in [0.4, 0.5) is 0 Å². The third-order valence-corrected chi connectivity index (χ3v) is 6.05. The average molecular weight is 333 g/mol. The molecule has 0 saturated carbocycles. The fourth-order valence-electron chi connectivity index (χ4n) is 3.19. The molecule has 1 N–H and O–H groups in total. The number of aliphatic hydroxyl groups excluding tert-OH is 1. The van der Waals surface area contributed by atoms with Crippen molar-refractivity contribution in [3.8, 4) is 5.75 Å². The molecule has 2 heterocycles. The van der Waals surface area contributed by atoms with Crippen molar-refractivity contribution in [2.45, 2.75) is 17.0 Å². The number of hydrogen-bond acceptors (Lipinski definition) is 4. The first-order valence-electron chi connectivity index (χ1n) is 7.01. The summed E-state index contributed by atoms with van der Waals surface area (Å²) in [6, 6.07) is 14.5. The minimum atomic E-state index is -1.28. The van der Waals surface area contributed by atoms with Gasteiger partial charge in [-0.3, -0.25) is 4.79 Å². The Morgan fingerprint density at radius 1 is 1.18 bits per heavy atom. The molecular weight excluding hydrogens is 320 g/mol. The first-order chi connectivity index (χ1) is 10.6. The molecule has 0 radical (unpaired) electrons. The topological polar surface area (TPSA) is 46.5 Å². The van der Waals surface area contributed by atoms with Gasteiger partial charge in [-0.1, -0.05) is 41.9 Å². The van der Waals surface area contributed by atoms with Crippen molar-refractivity contribution in [1.29, 1.82) is 0 Å². The van der Waals surface area contributed by atoms with Crippen molar-refractivity contribution in [3.05, 3.63) is 64.7 Å². The number of fused-ring (bicyclic) bond motifs is 1. The lowest BCUT2D eigenvalue weighted by Crippen LogP contribution is -2.51. The lowest BCUT2D eigenvalue weighted by Gasteiger charge is -2.31. The second kappa shape index (κ2) is 5.01. The van der Waals surface area contributed by atoms with Gasteiger partial charge in [0.05, 0.1) is 10.8 Å². The second-order valence-electron chi connectivity index (χ2n) is 5.47. The molecule has 2 aliphatic heterocycles. The third-order valence-electron chi connectivity index (χ3n) is 4.26. The number of thioether (sulfide) groups is 1. The van der Waals surface area contributed by atoms with Crippen molar-refractivity contribution in [2.24, 2.45) is 0 Å². The second-order valence-corrected chi connectivity index (χ2v) is 7.02. The quantitative estimate of drug-likeness (QED) is 0.868. The largest absolute Gasteiger partial charge is 0.474 e. The molecule has 0 bridgehead atoms. The zero-order chi connectivity index (χ0) is 15.3. The van der Waals surface area contributed by atoms with Crippen LogP contribution in [0.15, 0.2) is 48.5 Å². The Labute approximate surface area is 137 Å². The van der Waals surface area contributed by atoms with Crippen molar-refractivity contribution in [1.82, 2.24) is 0 Å². The molecule has 4 rings (SSSR count). The van der Waals surface area contributed by atoms with Crippen LogP contribution in [-0.2, 0) is 0 Å². The predicted molar refractivity (Wildman–Crippen MR) is 86.8 cm³/mol. The molecule has 3 nitrogen and oxygen atoms in total. The highest BCUT2D eigenvalue weighted by Crippen LogP contribution is 2.55. The number of rotatable bonds is 1. The van der Waals surface area contributed by atoms with E-state index in [0.29, 0.717) is 22.1 Å². The van der Waals surface area contributed by atoms with Crippen molar-refractivity contribution >= 4 is 29.1 Å². The number of Topliss-reactive ketones (excluding diaryl/α,β-unsaturated/α-hetero) is 1.